The highest BCUT2D eigenvalue weighted by atomic mass is 19.3. The molecule has 1 aromatic carbocycles. The Morgan fingerprint density at radius 3 is 2.29 bits per heavy atom. The van der Waals surface area contributed by atoms with Crippen LogP contribution < -0.4 is 11.1 Å². The Labute approximate surface area is 99.0 Å². The molecule has 3 nitrogen and oxygen atoms in total. The standard InChI is InChI=1S/C12H16F2N2O/c1-12(2,11(15)17)16-7-8-3-5-9(6-4-8)10(13)14/h3-6,10,16H,7H2,1-2H3,(H2,15,17). The van der Waals surface area contributed by atoms with Gasteiger partial charge in [-0.05, 0) is 19.4 Å². The number of alkyl halides is 2. The summed E-state index contributed by atoms with van der Waals surface area (Å²) in [6.07, 6.45) is -2.46. The molecule has 0 atom stereocenters. The van der Waals surface area contributed by atoms with Gasteiger partial charge in [0.2, 0.25) is 5.91 Å². The molecule has 17 heavy (non-hydrogen) atoms. The first-order valence-electron chi connectivity index (χ1n) is 5.25. The van der Waals surface area contributed by atoms with Crippen LogP contribution >= 0.6 is 0 Å². The Kier molecular flexibility index (Phi) is 4.17. The summed E-state index contributed by atoms with van der Waals surface area (Å²) < 4.78 is 24.6. The molecule has 94 valence electrons. The van der Waals surface area contributed by atoms with Gasteiger partial charge < -0.3 is 5.73 Å². The third-order valence-corrected chi connectivity index (χ3v) is 2.58. The summed E-state index contributed by atoms with van der Waals surface area (Å²) in [6, 6.07) is 5.95. The number of hydrogen-bond donors (Lipinski definition) is 2. The van der Waals surface area contributed by atoms with E-state index in [2.05, 4.69) is 5.32 Å². The monoisotopic (exact) mass is 242 g/mol. The number of carbonyl (C=O) groups excluding carboxylic acids is 1. The first-order valence-corrected chi connectivity index (χ1v) is 5.25. The zero-order valence-electron chi connectivity index (χ0n) is 9.84. The molecule has 0 aliphatic rings. The maximum atomic E-state index is 12.3. The molecule has 1 amide bonds. The van der Waals surface area contributed by atoms with E-state index in [1.54, 1.807) is 26.0 Å². The number of nitrogens with two attached hydrogens (primary N) is 1. The molecule has 1 rings (SSSR count). The Hall–Kier alpha value is -1.49. The van der Waals surface area contributed by atoms with Gasteiger partial charge in [0, 0.05) is 12.1 Å². The summed E-state index contributed by atoms with van der Waals surface area (Å²) in [5, 5.41) is 2.96. The van der Waals surface area contributed by atoms with Crippen LogP contribution in [0.25, 0.3) is 0 Å². The second-order valence-corrected chi connectivity index (χ2v) is 4.39. The fourth-order valence-corrected chi connectivity index (χ4v) is 1.19. The molecule has 3 N–H and O–H groups in total. The fraction of sp³-hybridized carbons (Fsp3) is 0.417. The molecule has 0 heterocycles. The second-order valence-electron chi connectivity index (χ2n) is 4.39. The van der Waals surface area contributed by atoms with Crippen LogP contribution in [0, 0.1) is 0 Å². The van der Waals surface area contributed by atoms with Crippen LogP contribution in [-0.4, -0.2) is 11.4 Å². The van der Waals surface area contributed by atoms with E-state index in [0.717, 1.165) is 5.56 Å². The minimum absolute atomic E-state index is 0.0112. The zero-order chi connectivity index (χ0) is 13.1. The van der Waals surface area contributed by atoms with Gasteiger partial charge in [0.05, 0.1) is 5.54 Å². The smallest absolute Gasteiger partial charge is 0.263 e. The van der Waals surface area contributed by atoms with Gasteiger partial charge in [-0.2, -0.15) is 0 Å². The van der Waals surface area contributed by atoms with Gasteiger partial charge >= 0.3 is 0 Å². The molecule has 1 aromatic rings. The predicted octanol–water partition coefficient (Wildman–Crippen LogP) is 1.98. The van der Waals surface area contributed by atoms with E-state index in [4.69, 9.17) is 5.73 Å². The van der Waals surface area contributed by atoms with Gasteiger partial charge in [-0.15, -0.1) is 0 Å². The Balaban J connectivity index is 2.62. The lowest BCUT2D eigenvalue weighted by atomic mass is 10.0. The van der Waals surface area contributed by atoms with Crippen molar-refractivity contribution in [3.05, 3.63) is 35.4 Å². The van der Waals surface area contributed by atoms with Crippen LogP contribution in [0.15, 0.2) is 24.3 Å². The summed E-state index contributed by atoms with van der Waals surface area (Å²) in [5.74, 6) is -0.457. The van der Waals surface area contributed by atoms with Crippen molar-refractivity contribution in [1.29, 1.82) is 0 Å². The lowest BCUT2D eigenvalue weighted by molar-refractivity contribution is -0.123. The SMILES string of the molecule is CC(C)(NCc1ccc(C(F)F)cc1)C(N)=O. The number of amides is 1. The first kappa shape index (κ1) is 13.6. The highest BCUT2D eigenvalue weighted by Gasteiger charge is 2.23. The van der Waals surface area contributed by atoms with Crippen molar-refractivity contribution in [1.82, 2.24) is 5.32 Å². The van der Waals surface area contributed by atoms with Crippen molar-refractivity contribution < 1.29 is 13.6 Å². The van der Waals surface area contributed by atoms with Gasteiger partial charge in [-0.1, -0.05) is 24.3 Å². The molecular weight excluding hydrogens is 226 g/mol. The normalized spacial score (nSPS) is 11.8. The lowest BCUT2D eigenvalue weighted by Crippen LogP contribution is -2.50. The summed E-state index contributed by atoms with van der Waals surface area (Å²) >= 11 is 0. The number of rotatable bonds is 5. The topological polar surface area (TPSA) is 55.1 Å². The Morgan fingerprint density at radius 1 is 1.35 bits per heavy atom. The molecule has 0 aliphatic heterocycles. The molecule has 0 radical (unpaired) electrons. The molecule has 0 bridgehead atoms. The third-order valence-electron chi connectivity index (χ3n) is 2.58. The average molecular weight is 242 g/mol. The highest BCUT2D eigenvalue weighted by molar-refractivity contribution is 5.83. The van der Waals surface area contributed by atoms with E-state index in [9.17, 15) is 13.6 Å². The highest BCUT2D eigenvalue weighted by Crippen LogP contribution is 2.18. The summed E-state index contributed by atoms with van der Waals surface area (Å²) in [5.41, 5.74) is 5.19. The summed E-state index contributed by atoms with van der Waals surface area (Å²) in [7, 11) is 0. The molecule has 0 saturated carbocycles. The van der Waals surface area contributed by atoms with Crippen molar-refractivity contribution in [3.8, 4) is 0 Å². The van der Waals surface area contributed by atoms with Crippen LogP contribution in [0.3, 0.4) is 0 Å². The number of halogens is 2. The third kappa shape index (κ3) is 3.78. The van der Waals surface area contributed by atoms with E-state index in [0.29, 0.717) is 6.54 Å². The van der Waals surface area contributed by atoms with Crippen LogP contribution in [0.5, 0.6) is 0 Å². The minimum Gasteiger partial charge on any atom is -0.368 e. The maximum Gasteiger partial charge on any atom is 0.263 e. The molecule has 0 aromatic heterocycles. The van der Waals surface area contributed by atoms with Crippen LogP contribution in [0.1, 0.15) is 31.4 Å². The maximum absolute atomic E-state index is 12.3. The molecule has 0 aliphatic carbocycles. The Morgan fingerprint density at radius 2 is 1.88 bits per heavy atom. The van der Waals surface area contributed by atoms with Crippen LogP contribution in [-0.2, 0) is 11.3 Å². The first-order chi connectivity index (χ1) is 7.83. The van der Waals surface area contributed by atoms with E-state index in [1.165, 1.54) is 12.1 Å². The van der Waals surface area contributed by atoms with E-state index >= 15 is 0 Å². The molecular formula is C12H16F2N2O. The summed E-state index contributed by atoms with van der Waals surface area (Å²) in [6.45, 7) is 3.74. The number of primary amides is 1. The Bertz CT molecular complexity index is 388. The van der Waals surface area contributed by atoms with E-state index in [-0.39, 0.29) is 5.56 Å². The largest absolute Gasteiger partial charge is 0.368 e. The van der Waals surface area contributed by atoms with Crippen LogP contribution in [0.2, 0.25) is 0 Å². The number of carbonyl (C=O) groups is 1. The molecule has 0 unspecified atom stereocenters. The lowest BCUT2D eigenvalue weighted by Gasteiger charge is -2.22. The van der Waals surface area contributed by atoms with Crippen molar-refractivity contribution in [3.63, 3.8) is 0 Å². The van der Waals surface area contributed by atoms with Crippen LogP contribution in [0.4, 0.5) is 8.78 Å². The van der Waals surface area contributed by atoms with Crippen molar-refractivity contribution in [2.45, 2.75) is 32.4 Å². The number of benzene rings is 1. The van der Waals surface area contributed by atoms with Gasteiger partial charge in [0.1, 0.15) is 0 Å². The molecule has 0 saturated heterocycles. The quantitative estimate of drug-likeness (QED) is 0.829. The summed E-state index contributed by atoms with van der Waals surface area (Å²) in [4.78, 5) is 11.0. The zero-order valence-corrected chi connectivity index (χ0v) is 9.84. The van der Waals surface area contributed by atoms with Gasteiger partial charge in [-0.3, -0.25) is 10.1 Å². The second kappa shape index (κ2) is 5.23. The fourth-order valence-electron chi connectivity index (χ4n) is 1.19. The van der Waals surface area contributed by atoms with Gasteiger partial charge in [-0.25, -0.2) is 8.78 Å². The van der Waals surface area contributed by atoms with Crippen molar-refractivity contribution >= 4 is 5.91 Å². The van der Waals surface area contributed by atoms with Gasteiger partial charge in [0.15, 0.2) is 0 Å². The average Bonchev–Trinajstić information content (AvgIpc) is 2.27. The predicted molar refractivity (Wildman–Crippen MR) is 61.5 cm³/mol. The van der Waals surface area contributed by atoms with Crippen molar-refractivity contribution in [2.75, 3.05) is 0 Å². The van der Waals surface area contributed by atoms with Gasteiger partial charge in [0.25, 0.3) is 6.43 Å². The number of nitrogens with one attached hydrogen (secondary N) is 1. The van der Waals surface area contributed by atoms with Crippen molar-refractivity contribution in [2.24, 2.45) is 5.73 Å². The minimum atomic E-state index is -2.46. The van der Waals surface area contributed by atoms with E-state index < -0.39 is 17.9 Å². The molecule has 5 heteroatoms. The number of hydrogen-bond acceptors (Lipinski definition) is 2. The molecule has 0 fully saturated rings. The van der Waals surface area contributed by atoms with E-state index in [1.807, 2.05) is 0 Å². The molecule has 0 spiro atoms.